The van der Waals surface area contributed by atoms with E-state index in [1.165, 1.54) is 12.8 Å². The van der Waals surface area contributed by atoms with Crippen LogP contribution in [0.5, 0.6) is 0 Å². The molecule has 2 saturated carbocycles. The molecule has 1 aliphatic heterocycles. The molecule has 3 fully saturated rings. The van der Waals surface area contributed by atoms with Crippen LogP contribution in [0.3, 0.4) is 0 Å². The quantitative estimate of drug-likeness (QED) is 0.837. The molecule has 2 nitrogen and oxygen atoms in total. The number of fused-ring (bicyclic) bond motifs is 1. The first-order valence-corrected chi connectivity index (χ1v) is 7.89. The Morgan fingerprint density at radius 1 is 1.11 bits per heavy atom. The molecule has 2 N–H and O–H groups in total. The zero-order chi connectivity index (χ0) is 13.5. The Bertz CT molecular complexity index is 321. The molecule has 1 heterocycles. The minimum absolute atomic E-state index is 0.0968. The fourth-order valence-electron chi connectivity index (χ4n) is 4.55. The highest BCUT2D eigenvalue weighted by Crippen LogP contribution is 2.39. The molecule has 0 aromatic heterocycles. The van der Waals surface area contributed by atoms with Crippen molar-refractivity contribution < 1.29 is 8.78 Å². The number of hydrogen-bond donors (Lipinski definition) is 1. The van der Waals surface area contributed by atoms with Gasteiger partial charge in [-0.3, -0.25) is 0 Å². The van der Waals surface area contributed by atoms with Crippen LogP contribution >= 0.6 is 0 Å². The Hall–Kier alpha value is -0.220. The lowest BCUT2D eigenvalue weighted by Gasteiger charge is -2.31. The van der Waals surface area contributed by atoms with Gasteiger partial charge in [0, 0.05) is 38.5 Å². The largest absolute Gasteiger partial charge is 0.327 e. The predicted molar refractivity (Wildman–Crippen MR) is 72.2 cm³/mol. The minimum atomic E-state index is -2.41. The summed E-state index contributed by atoms with van der Waals surface area (Å²) >= 11 is 0. The topological polar surface area (TPSA) is 29.3 Å². The van der Waals surface area contributed by atoms with Crippen LogP contribution in [0.15, 0.2) is 0 Å². The molecule has 0 aromatic carbocycles. The van der Waals surface area contributed by atoms with E-state index in [-0.39, 0.29) is 18.8 Å². The third-order valence-corrected chi connectivity index (χ3v) is 5.49. The highest BCUT2D eigenvalue weighted by atomic mass is 19.3. The zero-order valence-corrected chi connectivity index (χ0v) is 11.7. The van der Waals surface area contributed by atoms with Gasteiger partial charge in [0.05, 0.1) is 0 Å². The van der Waals surface area contributed by atoms with Crippen molar-refractivity contribution in [3.63, 3.8) is 0 Å². The average molecular weight is 272 g/mol. The number of likely N-dealkylation sites (tertiary alicyclic amines) is 1. The van der Waals surface area contributed by atoms with E-state index >= 15 is 0 Å². The van der Waals surface area contributed by atoms with Crippen LogP contribution in [0, 0.1) is 17.8 Å². The van der Waals surface area contributed by atoms with Gasteiger partial charge in [0.2, 0.25) is 5.92 Å². The summed E-state index contributed by atoms with van der Waals surface area (Å²) < 4.78 is 26.9. The van der Waals surface area contributed by atoms with Gasteiger partial charge in [-0.25, -0.2) is 8.78 Å². The number of halogens is 2. The summed E-state index contributed by atoms with van der Waals surface area (Å²) in [4.78, 5) is 2.42. The molecule has 3 rings (SSSR count). The summed E-state index contributed by atoms with van der Waals surface area (Å²) in [5, 5.41) is 0. The molecule has 0 spiro atoms. The lowest BCUT2D eigenvalue weighted by molar-refractivity contribution is -0.0562. The molecule has 19 heavy (non-hydrogen) atoms. The first-order valence-electron chi connectivity index (χ1n) is 7.89. The lowest BCUT2D eigenvalue weighted by Crippen LogP contribution is -2.38. The Morgan fingerprint density at radius 2 is 1.95 bits per heavy atom. The minimum Gasteiger partial charge on any atom is -0.327 e. The van der Waals surface area contributed by atoms with Crippen LogP contribution in [0.25, 0.3) is 0 Å². The third kappa shape index (κ3) is 3.10. The summed E-state index contributed by atoms with van der Waals surface area (Å²) in [6.07, 6.45) is 5.56. The molecule has 0 aromatic rings. The lowest BCUT2D eigenvalue weighted by atomic mass is 9.78. The molecule has 0 bridgehead atoms. The number of nitrogens with zero attached hydrogens (tertiary/aromatic N) is 1. The molecule has 4 unspecified atom stereocenters. The molecule has 0 radical (unpaired) electrons. The van der Waals surface area contributed by atoms with E-state index in [4.69, 9.17) is 5.73 Å². The van der Waals surface area contributed by atoms with E-state index in [1.807, 2.05) is 0 Å². The van der Waals surface area contributed by atoms with Crippen LogP contribution in [-0.4, -0.2) is 36.5 Å². The Labute approximate surface area is 114 Å². The van der Waals surface area contributed by atoms with Gasteiger partial charge < -0.3 is 10.6 Å². The van der Waals surface area contributed by atoms with Crippen molar-refractivity contribution in [1.29, 1.82) is 0 Å². The van der Waals surface area contributed by atoms with Crippen molar-refractivity contribution in [1.82, 2.24) is 4.90 Å². The van der Waals surface area contributed by atoms with E-state index in [2.05, 4.69) is 4.90 Å². The molecule has 1 saturated heterocycles. The predicted octanol–water partition coefficient (Wildman–Crippen LogP) is 2.87. The Kier molecular flexibility index (Phi) is 3.82. The second-order valence-corrected chi connectivity index (χ2v) is 7.06. The summed E-state index contributed by atoms with van der Waals surface area (Å²) in [5.41, 5.74) is 6.21. The zero-order valence-electron chi connectivity index (χ0n) is 11.7. The van der Waals surface area contributed by atoms with Gasteiger partial charge in [-0.15, -0.1) is 0 Å². The molecular formula is C15H26F2N2. The van der Waals surface area contributed by atoms with Crippen LogP contribution in [0.4, 0.5) is 8.78 Å². The Morgan fingerprint density at radius 3 is 2.68 bits per heavy atom. The van der Waals surface area contributed by atoms with Gasteiger partial charge >= 0.3 is 0 Å². The maximum absolute atomic E-state index is 13.4. The highest BCUT2D eigenvalue weighted by Gasteiger charge is 2.41. The van der Waals surface area contributed by atoms with E-state index in [9.17, 15) is 8.78 Å². The van der Waals surface area contributed by atoms with E-state index in [0.717, 1.165) is 38.4 Å². The summed E-state index contributed by atoms with van der Waals surface area (Å²) in [7, 11) is 0. The van der Waals surface area contributed by atoms with E-state index in [1.54, 1.807) is 0 Å². The maximum atomic E-state index is 13.4. The average Bonchev–Trinajstić information content (AvgIpc) is 2.71. The van der Waals surface area contributed by atoms with Crippen LogP contribution in [-0.2, 0) is 0 Å². The molecular weight excluding hydrogens is 246 g/mol. The first-order chi connectivity index (χ1) is 9.03. The second-order valence-electron chi connectivity index (χ2n) is 7.06. The number of nitrogens with two attached hydrogens (primary N) is 1. The number of rotatable bonds is 2. The van der Waals surface area contributed by atoms with Crippen LogP contribution in [0.2, 0.25) is 0 Å². The monoisotopic (exact) mass is 272 g/mol. The normalized spacial score (nSPS) is 43.1. The summed E-state index contributed by atoms with van der Waals surface area (Å²) in [5.74, 6) is -0.864. The Balaban J connectivity index is 1.54. The van der Waals surface area contributed by atoms with Crippen LogP contribution < -0.4 is 5.73 Å². The number of alkyl halides is 2. The van der Waals surface area contributed by atoms with Crippen molar-refractivity contribution in [2.45, 2.75) is 56.9 Å². The molecule has 4 atom stereocenters. The van der Waals surface area contributed by atoms with Gasteiger partial charge in [-0.1, -0.05) is 6.42 Å². The maximum Gasteiger partial charge on any atom is 0.248 e. The van der Waals surface area contributed by atoms with Gasteiger partial charge in [-0.05, 0) is 43.4 Å². The smallest absolute Gasteiger partial charge is 0.248 e. The van der Waals surface area contributed by atoms with Gasteiger partial charge in [-0.2, -0.15) is 0 Å². The van der Waals surface area contributed by atoms with Crippen molar-refractivity contribution in [3.05, 3.63) is 0 Å². The molecule has 2 aliphatic carbocycles. The summed E-state index contributed by atoms with van der Waals surface area (Å²) in [6.45, 7) is 3.02. The first kappa shape index (κ1) is 13.7. The van der Waals surface area contributed by atoms with Gasteiger partial charge in [0.15, 0.2) is 0 Å². The summed E-state index contributed by atoms with van der Waals surface area (Å²) in [6, 6.07) is 0.344. The third-order valence-electron chi connectivity index (χ3n) is 5.49. The van der Waals surface area contributed by atoms with Crippen molar-refractivity contribution in [3.8, 4) is 0 Å². The standard InChI is InChI=1S/C15H26F2N2/c16-15(17)6-2-3-11(7-15)8-19-9-12-4-1-5-14(18)13(12)10-19/h11-14H,1-10,18H2. The van der Waals surface area contributed by atoms with Gasteiger partial charge in [0.25, 0.3) is 0 Å². The molecule has 3 aliphatic rings. The molecule has 110 valence electrons. The molecule has 4 heteroatoms. The van der Waals surface area contributed by atoms with E-state index in [0.29, 0.717) is 18.4 Å². The number of hydrogen-bond acceptors (Lipinski definition) is 2. The van der Waals surface area contributed by atoms with E-state index < -0.39 is 5.92 Å². The van der Waals surface area contributed by atoms with Crippen molar-refractivity contribution in [2.24, 2.45) is 23.5 Å². The highest BCUT2D eigenvalue weighted by molar-refractivity contribution is 4.94. The fourth-order valence-corrected chi connectivity index (χ4v) is 4.55. The van der Waals surface area contributed by atoms with Crippen molar-refractivity contribution >= 4 is 0 Å². The molecule has 0 amide bonds. The SMILES string of the molecule is NC1CCCC2CN(CC3CCCC(F)(F)C3)CC12. The van der Waals surface area contributed by atoms with Crippen molar-refractivity contribution in [2.75, 3.05) is 19.6 Å². The second kappa shape index (κ2) is 5.28. The van der Waals surface area contributed by atoms with Crippen LogP contribution in [0.1, 0.15) is 44.9 Å². The van der Waals surface area contributed by atoms with Gasteiger partial charge in [0.1, 0.15) is 0 Å². The fraction of sp³-hybridized carbons (Fsp3) is 1.00.